The summed E-state index contributed by atoms with van der Waals surface area (Å²) in [6.07, 6.45) is 10.7. The van der Waals surface area contributed by atoms with Crippen LogP contribution in [0, 0.1) is 0 Å². The minimum Gasteiger partial charge on any atom is -0.394 e. The van der Waals surface area contributed by atoms with Crippen molar-refractivity contribution in [3.8, 4) is 0 Å². The number of nitrogens with zero attached hydrogens (tertiary/aromatic N) is 4. The number of aliphatic hydroxyl groups excluding tert-OH is 1. The number of fused-ring (bicyclic) bond motifs is 3. The van der Waals surface area contributed by atoms with E-state index in [1.165, 1.54) is 0 Å². The van der Waals surface area contributed by atoms with E-state index in [1.807, 2.05) is 0 Å². The molecule has 0 radical (unpaired) electrons. The van der Waals surface area contributed by atoms with Crippen LogP contribution >= 0.6 is 11.6 Å². The highest BCUT2D eigenvalue weighted by atomic mass is 35.5. The number of rotatable bonds is 5. The number of halogens is 1. The van der Waals surface area contributed by atoms with Crippen molar-refractivity contribution in [2.24, 2.45) is 0 Å². The number of piperidine rings is 1. The molecule has 1 saturated heterocycles. The Bertz CT molecular complexity index is 977. The molecule has 2 fully saturated rings. The molecule has 5 rings (SSSR count). The van der Waals surface area contributed by atoms with Crippen molar-refractivity contribution in [2.75, 3.05) is 29.6 Å². The molecule has 2 aromatic heterocycles. The topological polar surface area (TPSA) is 91.2 Å². The molecule has 3 atom stereocenters. The van der Waals surface area contributed by atoms with E-state index in [-0.39, 0.29) is 12.1 Å². The van der Waals surface area contributed by atoms with E-state index >= 15 is 0 Å². The second kappa shape index (κ2) is 7.73. The lowest BCUT2D eigenvalue weighted by Crippen LogP contribution is -2.48. The third kappa shape index (κ3) is 3.48. The molecule has 3 aliphatic rings. The first-order valence-electron chi connectivity index (χ1n) is 10.5. The van der Waals surface area contributed by atoms with Gasteiger partial charge in [0.2, 0.25) is 0 Å². The van der Waals surface area contributed by atoms with Crippen LogP contribution in [0.5, 0.6) is 0 Å². The summed E-state index contributed by atoms with van der Waals surface area (Å²) in [7, 11) is -1.15. The number of anilines is 2. The predicted octanol–water partition coefficient (Wildman–Crippen LogP) is 2.90. The monoisotopic (exact) mass is 447 g/mol. The highest BCUT2D eigenvalue weighted by molar-refractivity contribution is 7.84. The summed E-state index contributed by atoms with van der Waals surface area (Å²) in [5.41, 5.74) is 0.826. The van der Waals surface area contributed by atoms with Gasteiger partial charge in [-0.2, -0.15) is 0 Å². The molecular weight excluding hydrogens is 422 g/mol. The molecular formula is C21H26ClN5O2S. The SMILES string of the molecule is C[S@](=O)c1cc2c(nc1NC1(CO)CCC1)N1CCC(c3ncc(Cl)cn3)CC1C2. The summed E-state index contributed by atoms with van der Waals surface area (Å²) in [4.78, 5) is 16.9. The lowest BCUT2D eigenvalue weighted by molar-refractivity contribution is 0.143. The zero-order chi connectivity index (χ0) is 20.9. The van der Waals surface area contributed by atoms with Gasteiger partial charge in [0, 0.05) is 37.2 Å². The van der Waals surface area contributed by atoms with Crippen LogP contribution in [0.25, 0.3) is 0 Å². The van der Waals surface area contributed by atoms with Crippen molar-refractivity contribution in [1.82, 2.24) is 15.0 Å². The van der Waals surface area contributed by atoms with Crippen LogP contribution in [0.3, 0.4) is 0 Å². The highest BCUT2D eigenvalue weighted by Gasteiger charge is 2.40. The Morgan fingerprint density at radius 3 is 2.77 bits per heavy atom. The quantitative estimate of drug-likeness (QED) is 0.728. The molecule has 1 aliphatic carbocycles. The summed E-state index contributed by atoms with van der Waals surface area (Å²) in [6.45, 7) is 0.955. The number of aromatic nitrogens is 3. The van der Waals surface area contributed by atoms with E-state index in [2.05, 4.69) is 26.3 Å². The average Bonchev–Trinajstić information content (AvgIpc) is 3.07. The van der Waals surface area contributed by atoms with Crippen LogP contribution in [0.2, 0.25) is 5.02 Å². The molecule has 2 aliphatic heterocycles. The maximum atomic E-state index is 12.5. The van der Waals surface area contributed by atoms with Gasteiger partial charge in [-0.3, -0.25) is 4.21 Å². The Balaban J connectivity index is 1.41. The molecule has 9 heteroatoms. The minimum atomic E-state index is -1.15. The van der Waals surface area contributed by atoms with E-state index in [9.17, 15) is 9.32 Å². The first-order chi connectivity index (χ1) is 14.5. The molecule has 2 N–H and O–H groups in total. The minimum absolute atomic E-state index is 0.0661. The second-order valence-electron chi connectivity index (χ2n) is 8.72. The van der Waals surface area contributed by atoms with Gasteiger partial charge in [-0.1, -0.05) is 11.6 Å². The van der Waals surface area contributed by atoms with Crippen molar-refractivity contribution in [3.63, 3.8) is 0 Å². The van der Waals surface area contributed by atoms with Crippen molar-refractivity contribution in [1.29, 1.82) is 0 Å². The van der Waals surface area contributed by atoms with Crippen LogP contribution < -0.4 is 10.2 Å². The molecule has 0 amide bonds. The van der Waals surface area contributed by atoms with Crippen LogP contribution in [0.1, 0.15) is 49.4 Å². The standard InChI is InChI=1S/C21H26ClN5O2S/c1-30(29)17-9-14-8-16-7-13(18-23-10-15(22)11-24-18)3-6-27(16)20(14)25-19(17)26-21(12-28)4-2-5-21/h9-11,13,16,28H,2-8,12H2,1H3,(H,25,26)/t13?,16?,30-/m0/s1. The van der Waals surface area contributed by atoms with Gasteiger partial charge in [-0.25, -0.2) is 15.0 Å². The number of nitrogens with one attached hydrogen (secondary N) is 1. The molecule has 0 bridgehead atoms. The maximum absolute atomic E-state index is 12.5. The van der Waals surface area contributed by atoms with E-state index < -0.39 is 10.8 Å². The summed E-state index contributed by atoms with van der Waals surface area (Å²) in [6, 6.07) is 2.39. The molecule has 1 saturated carbocycles. The molecule has 160 valence electrons. The Kier molecular flexibility index (Phi) is 5.19. The normalized spacial score (nSPS) is 25.2. The zero-order valence-electron chi connectivity index (χ0n) is 17.0. The van der Waals surface area contributed by atoms with Crippen LogP contribution in [-0.4, -0.2) is 55.3 Å². The number of hydrogen-bond donors (Lipinski definition) is 2. The largest absolute Gasteiger partial charge is 0.394 e. The van der Waals surface area contributed by atoms with Crippen LogP contribution in [0.15, 0.2) is 23.4 Å². The summed E-state index contributed by atoms with van der Waals surface area (Å²) in [5, 5.41) is 13.9. The Labute approximate surface area is 183 Å². The van der Waals surface area contributed by atoms with Crippen LogP contribution in [-0.2, 0) is 17.2 Å². The van der Waals surface area contributed by atoms with Gasteiger partial charge in [0.25, 0.3) is 0 Å². The predicted molar refractivity (Wildman–Crippen MR) is 118 cm³/mol. The molecule has 7 nitrogen and oxygen atoms in total. The van der Waals surface area contributed by atoms with E-state index in [4.69, 9.17) is 16.6 Å². The third-order valence-corrected chi connectivity index (χ3v) is 7.92. The van der Waals surface area contributed by atoms with Crippen molar-refractivity contribution < 1.29 is 9.32 Å². The molecule has 4 heterocycles. The lowest BCUT2D eigenvalue weighted by atomic mass is 9.77. The second-order valence-corrected chi connectivity index (χ2v) is 10.5. The van der Waals surface area contributed by atoms with Gasteiger partial charge in [-0.05, 0) is 50.2 Å². The smallest absolute Gasteiger partial charge is 0.145 e. The van der Waals surface area contributed by atoms with Gasteiger partial charge >= 0.3 is 0 Å². The fourth-order valence-corrected chi connectivity index (χ4v) is 5.73. The fraction of sp³-hybridized carbons (Fsp3) is 0.571. The summed E-state index contributed by atoms with van der Waals surface area (Å²) >= 11 is 5.94. The molecule has 0 aromatic carbocycles. The van der Waals surface area contributed by atoms with Gasteiger partial charge in [0.15, 0.2) is 0 Å². The van der Waals surface area contributed by atoms with Gasteiger partial charge in [0.1, 0.15) is 17.5 Å². The number of aliphatic hydroxyl groups is 1. The summed E-state index contributed by atoms with van der Waals surface area (Å²) < 4.78 is 12.5. The fourth-order valence-electron chi connectivity index (χ4n) is 4.95. The molecule has 2 unspecified atom stereocenters. The van der Waals surface area contributed by atoms with Crippen LogP contribution in [0.4, 0.5) is 11.6 Å². The third-order valence-electron chi connectivity index (χ3n) is 6.80. The molecule has 2 aromatic rings. The molecule has 30 heavy (non-hydrogen) atoms. The summed E-state index contributed by atoms with van der Waals surface area (Å²) in [5.74, 6) is 2.81. The van der Waals surface area contributed by atoms with Crippen molar-refractivity contribution in [3.05, 3.63) is 34.9 Å². The Morgan fingerprint density at radius 1 is 1.37 bits per heavy atom. The van der Waals surface area contributed by atoms with Gasteiger partial charge in [-0.15, -0.1) is 0 Å². The number of hydrogen-bond acceptors (Lipinski definition) is 7. The Morgan fingerprint density at radius 2 is 2.13 bits per heavy atom. The average molecular weight is 448 g/mol. The first kappa shape index (κ1) is 20.2. The zero-order valence-corrected chi connectivity index (χ0v) is 18.5. The molecule has 0 spiro atoms. The van der Waals surface area contributed by atoms with E-state index in [0.717, 1.165) is 67.2 Å². The Hall–Kier alpha value is -1.77. The van der Waals surface area contributed by atoms with E-state index in [1.54, 1.807) is 18.6 Å². The lowest BCUT2D eigenvalue weighted by Gasteiger charge is -2.42. The van der Waals surface area contributed by atoms with Gasteiger partial charge < -0.3 is 15.3 Å². The number of pyridine rings is 1. The van der Waals surface area contributed by atoms with Gasteiger partial charge in [0.05, 0.1) is 32.9 Å². The van der Waals surface area contributed by atoms with Crippen molar-refractivity contribution >= 4 is 34.0 Å². The maximum Gasteiger partial charge on any atom is 0.145 e. The highest BCUT2D eigenvalue weighted by Crippen LogP contribution is 2.43. The van der Waals surface area contributed by atoms with E-state index in [0.29, 0.717) is 22.8 Å². The van der Waals surface area contributed by atoms with Crippen molar-refractivity contribution in [2.45, 2.75) is 60.9 Å². The first-order valence-corrected chi connectivity index (χ1v) is 12.4.